The molecule has 21 heavy (non-hydrogen) atoms. The maximum atomic E-state index is 13.0. The number of hydrogen-bond donors (Lipinski definition) is 0. The van der Waals surface area contributed by atoms with Gasteiger partial charge >= 0.3 is 11.5 Å². The molecule has 3 nitrogen and oxygen atoms in total. The molecule has 0 aliphatic heterocycles. The van der Waals surface area contributed by atoms with E-state index in [0.717, 1.165) is 6.07 Å². The van der Waals surface area contributed by atoms with Gasteiger partial charge in [0.05, 0.1) is 23.8 Å². The number of nitrogens with zero attached hydrogens (tertiary/aromatic N) is 1. The van der Waals surface area contributed by atoms with Crippen molar-refractivity contribution in [2.75, 3.05) is 6.61 Å². The molecule has 0 saturated carbocycles. The molecule has 0 aliphatic carbocycles. The minimum Gasteiger partial charge on any atom is -0.462 e. The Kier molecular flexibility index (Phi) is 5.54. The summed E-state index contributed by atoms with van der Waals surface area (Å²) in [5, 5.41) is 8.75. The predicted octanol–water partition coefficient (Wildman–Crippen LogP) is 4.28. The molecule has 0 aromatic heterocycles. The van der Waals surface area contributed by atoms with Gasteiger partial charge in [-0.25, -0.2) is 13.6 Å². The summed E-state index contributed by atoms with van der Waals surface area (Å²) in [6, 6.07) is 2.98. The molecule has 1 aromatic rings. The van der Waals surface area contributed by atoms with E-state index in [2.05, 4.69) is 4.74 Å². The highest BCUT2D eigenvalue weighted by atomic mass is 32.2. The van der Waals surface area contributed by atoms with E-state index in [1.165, 1.54) is 13.0 Å². The predicted molar refractivity (Wildman–Crippen MR) is 64.0 cm³/mol. The Morgan fingerprint density at radius 3 is 2.48 bits per heavy atom. The number of carbonyl (C=O) groups is 1. The van der Waals surface area contributed by atoms with Crippen molar-refractivity contribution in [2.24, 2.45) is 0 Å². The third-order valence-corrected chi connectivity index (χ3v) is 3.00. The minimum atomic E-state index is -4.83. The Labute approximate surface area is 120 Å². The van der Waals surface area contributed by atoms with Crippen LogP contribution >= 0.6 is 11.8 Å². The second-order valence-electron chi connectivity index (χ2n) is 3.62. The van der Waals surface area contributed by atoms with E-state index in [4.69, 9.17) is 5.26 Å². The lowest BCUT2D eigenvalue weighted by Crippen LogP contribution is -2.11. The third-order valence-electron chi connectivity index (χ3n) is 2.21. The van der Waals surface area contributed by atoms with Crippen molar-refractivity contribution in [1.29, 1.82) is 5.26 Å². The summed E-state index contributed by atoms with van der Waals surface area (Å²) in [5.41, 5.74) is -6.99. The van der Waals surface area contributed by atoms with E-state index in [0.29, 0.717) is 6.07 Å². The van der Waals surface area contributed by atoms with Gasteiger partial charge in [-0.2, -0.15) is 18.4 Å². The first-order valence-corrected chi connectivity index (χ1v) is 6.30. The molecule has 0 amide bonds. The van der Waals surface area contributed by atoms with Crippen LogP contribution in [-0.2, 0) is 4.74 Å². The smallest absolute Gasteiger partial charge is 0.446 e. The molecule has 0 heterocycles. The van der Waals surface area contributed by atoms with Crippen molar-refractivity contribution in [1.82, 2.24) is 0 Å². The zero-order chi connectivity index (χ0) is 16.2. The molecule has 1 rings (SSSR count). The maximum Gasteiger partial charge on any atom is 0.446 e. The molecule has 0 fully saturated rings. The SMILES string of the molecule is CCOC(=O)c1cc(C#N)cc(SC(F)(F)F)c1C(F)F. The number of rotatable bonds is 4. The van der Waals surface area contributed by atoms with Gasteiger partial charge in [0.1, 0.15) is 0 Å². The van der Waals surface area contributed by atoms with Gasteiger partial charge in [-0.15, -0.1) is 0 Å². The molecule has 0 saturated heterocycles. The topological polar surface area (TPSA) is 50.1 Å². The summed E-state index contributed by atoms with van der Waals surface area (Å²) < 4.78 is 67.8. The third kappa shape index (κ3) is 4.60. The van der Waals surface area contributed by atoms with Crippen LogP contribution in [0.15, 0.2) is 17.0 Å². The van der Waals surface area contributed by atoms with Gasteiger partial charge in [0.2, 0.25) is 0 Å². The lowest BCUT2D eigenvalue weighted by molar-refractivity contribution is -0.0329. The number of nitriles is 1. The van der Waals surface area contributed by atoms with E-state index in [-0.39, 0.29) is 12.2 Å². The van der Waals surface area contributed by atoms with Crippen molar-refractivity contribution in [3.63, 3.8) is 0 Å². The largest absolute Gasteiger partial charge is 0.462 e. The van der Waals surface area contributed by atoms with Crippen molar-refractivity contribution in [2.45, 2.75) is 23.8 Å². The number of esters is 1. The molecule has 0 spiro atoms. The number of hydrogen-bond acceptors (Lipinski definition) is 4. The summed E-state index contributed by atoms with van der Waals surface area (Å²) in [7, 11) is 0. The highest BCUT2D eigenvalue weighted by molar-refractivity contribution is 8.00. The van der Waals surface area contributed by atoms with Gasteiger partial charge in [-0.1, -0.05) is 0 Å². The lowest BCUT2D eigenvalue weighted by Gasteiger charge is -2.15. The Morgan fingerprint density at radius 2 is 2.05 bits per heavy atom. The molecule has 0 bridgehead atoms. The highest BCUT2D eigenvalue weighted by Crippen LogP contribution is 2.43. The zero-order valence-corrected chi connectivity index (χ0v) is 11.3. The van der Waals surface area contributed by atoms with Crippen LogP contribution in [0, 0.1) is 11.3 Å². The Balaban J connectivity index is 3.51. The molecule has 0 radical (unpaired) electrons. The van der Waals surface area contributed by atoms with Crippen LogP contribution in [0.25, 0.3) is 0 Å². The number of thioether (sulfide) groups is 1. The minimum absolute atomic E-state index is 0.139. The monoisotopic (exact) mass is 325 g/mol. The Bertz CT molecular complexity index is 580. The molecule has 0 N–H and O–H groups in total. The van der Waals surface area contributed by atoms with Crippen LogP contribution in [0.5, 0.6) is 0 Å². The second kappa shape index (κ2) is 6.76. The summed E-state index contributed by atoms with van der Waals surface area (Å²) in [6.07, 6.45) is -3.32. The van der Waals surface area contributed by atoms with Gasteiger partial charge in [-0.3, -0.25) is 0 Å². The maximum absolute atomic E-state index is 13.0. The summed E-state index contributed by atoms with van der Waals surface area (Å²) >= 11 is -0.804. The van der Waals surface area contributed by atoms with Crippen LogP contribution in [0.1, 0.15) is 34.8 Å². The average Bonchev–Trinajstić information content (AvgIpc) is 2.35. The van der Waals surface area contributed by atoms with Crippen LogP contribution in [-0.4, -0.2) is 18.1 Å². The lowest BCUT2D eigenvalue weighted by atomic mass is 10.0. The molecular formula is C12H8F5NO2S. The summed E-state index contributed by atoms with van der Waals surface area (Å²) in [5.74, 6) is -1.20. The number of halogens is 5. The fraction of sp³-hybridized carbons (Fsp3) is 0.333. The molecule has 9 heteroatoms. The first kappa shape index (κ1) is 17.2. The van der Waals surface area contributed by atoms with Gasteiger partial charge in [-0.05, 0) is 30.8 Å². The van der Waals surface area contributed by atoms with Crippen LogP contribution < -0.4 is 0 Å². The van der Waals surface area contributed by atoms with Gasteiger partial charge in [0.15, 0.2) is 0 Å². The van der Waals surface area contributed by atoms with E-state index in [9.17, 15) is 26.7 Å². The molecule has 0 unspecified atom stereocenters. The van der Waals surface area contributed by atoms with Crippen LogP contribution in [0.4, 0.5) is 22.0 Å². The Morgan fingerprint density at radius 1 is 1.43 bits per heavy atom. The van der Waals surface area contributed by atoms with E-state index in [1.807, 2.05) is 0 Å². The van der Waals surface area contributed by atoms with Crippen molar-refractivity contribution in [3.05, 3.63) is 28.8 Å². The molecule has 0 atom stereocenters. The standard InChI is InChI=1S/C12H8F5NO2S/c1-2-20-11(19)7-3-6(5-18)4-8(9(7)10(13)14)21-12(15,16)17/h3-4,10H,2H2,1H3. The van der Waals surface area contributed by atoms with Crippen molar-refractivity contribution in [3.8, 4) is 6.07 Å². The molecule has 114 valence electrons. The first-order chi connectivity index (χ1) is 9.69. The highest BCUT2D eigenvalue weighted by Gasteiger charge is 2.34. The van der Waals surface area contributed by atoms with Gasteiger partial charge in [0, 0.05) is 10.5 Å². The number of carbonyl (C=O) groups excluding carboxylic acids is 1. The number of alkyl halides is 5. The quantitative estimate of drug-likeness (QED) is 0.471. The fourth-order valence-electron chi connectivity index (χ4n) is 1.50. The van der Waals surface area contributed by atoms with Crippen LogP contribution in [0.3, 0.4) is 0 Å². The fourth-order valence-corrected chi connectivity index (χ4v) is 2.25. The van der Waals surface area contributed by atoms with E-state index >= 15 is 0 Å². The van der Waals surface area contributed by atoms with Gasteiger partial charge in [0.25, 0.3) is 6.43 Å². The van der Waals surface area contributed by atoms with Gasteiger partial charge < -0.3 is 4.74 Å². The van der Waals surface area contributed by atoms with E-state index in [1.54, 1.807) is 0 Å². The number of benzene rings is 1. The summed E-state index contributed by atoms with van der Waals surface area (Å²) in [6.45, 7) is 1.28. The number of ether oxygens (including phenoxy) is 1. The second-order valence-corrected chi connectivity index (χ2v) is 4.72. The zero-order valence-electron chi connectivity index (χ0n) is 10.5. The van der Waals surface area contributed by atoms with Crippen LogP contribution in [0.2, 0.25) is 0 Å². The normalized spacial score (nSPS) is 11.3. The van der Waals surface area contributed by atoms with Crippen molar-refractivity contribution < 1.29 is 31.5 Å². The molecule has 1 aromatic carbocycles. The first-order valence-electron chi connectivity index (χ1n) is 5.48. The summed E-state index contributed by atoms with van der Waals surface area (Å²) in [4.78, 5) is 10.7. The molecular weight excluding hydrogens is 317 g/mol. The van der Waals surface area contributed by atoms with Crippen molar-refractivity contribution >= 4 is 17.7 Å². The Hall–Kier alpha value is -1.82. The van der Waals surface area contributed by atoms with E-state index < -0.39 is 45.7 Å². The molecule has 0 aliphatic rings. The average molecular weight is 325 g/mol.